The Morgan fingerprint density at radius 2 is 1.89 bits per heavy atom. The molecular weight excluding hydrogens is 252 g/mol. The summed E-state index contributed by atoms with van der Waals surface area (Å²) in [6.07, 6.45) is 1.89. The number of nitrogens with zero attached hydrogens (tertiary/aromatic N) is 1. The largest absolute Gasteiger partial charge is 0.354 e. The van der Waals surface area contributed by atoms with Crippen LogP contribution in [0.3, 0.4) is 0 Å². The van der Waals surface area contributed by atoms with Gasteiger partial charge in [0.1, 0.15) is 0 Å². The molecule has 0 aromatic heterocycles. The topological polar surface area (TPSA) is 66.5 Å². The minimum absolute atomic E-state index is 0.0412. The number of nitrogens with one attached hydrogen (secondary N) is 1. The van der Waals surface area contributed by atoms with Gasteiger partial charge in [-0.3, -0.25) is 4.79 Å². The standard InChI is InChI=1S/C12H24N2O3S/c1-4-9-18(16,17)14-7-5-11(6-8-14)12(15)13-10(2)3/h10-11H,4-9H2,1-3H3,(H,13,15). The highest BCUT2D eigenvalue weighted by Crippen LogP contribution is 2.20. The number of sulfonamides is 1. The van der Waals surface area contributed by atoms with E-state index in [1.165, 1.54) is 4.31 Å². The quantitative estimate of drug-likeness (QED) is 0.813. The van der Waals surface area contributed by atoms with Crippen LogP contribution in [0.4, 0.5) is 0 Å². The minimum Gasteiger partial charge on any atom is -0.354 e. The van der Waals surface area contributed by atoms with Crippen molar-refractivity contribution in [3.63, 3.8) is 0 Å². The van der Waals surface area contributed by atoms with Crippen molar-refractivity contribution < 1.29 is 13.2 Å². The molecule has 1 fully saturated rings. The molecule has 1 N–H and O–H groups in total. The van der Waals surface area contributed by atoms with E-state index in [2.05, 4.69) is 5.32 Å². The Morgan fingerprint density at radius 1 is 1.33 bits per heavy atom. The van der Waals surface area contributed by atoms with Crippen LogP contribution in [-0.4, -0.2) is 43.5 Å². The molecule has 1 aliphatic rings. The van der Waals surface area contributed by atoms with Gasteiger partial charge >= 0.3 is 0 Å². The maximum absolute atomic E-state index is 11.9. The lowest BCUT2D eigenvalue weighted by Gasteiger charge is -2.30. The van der Waals surface area contributed by atoms with Crippen LogP contribution in [0.5, 0.6) is 0 Å². The van der Waals surface area contributed by atoms with E-state index >= 15 is 0 Å². The molecule has 0 radical (unpaired) electrons. The van der Waals surface area contributed by atoms with Crippen molar-refractivity contribution in [3.8, 4) is 0 Å². The van der Waals surface area contributed by atoms with Gasteiger partial charge in [0.15, 0.2) is 0 Å². The molecule has 0 aromatic rings. The van der Waals surface area contributed by atoms with Gasteiger partial charge in [-0.25, -0.2) is 12.7 Å². The average Bonchev–Trinajstić information content (AvgIpc) is 2.28. The third-order valence-corrected chi connectivity index (χ3v) is 5.19. The van der Waals surface area contributed by atoms with Crippen LogP contribution in [0.25, 0.3) is 0 Å². The van der Waals surface area contributed by atoms with Crippen LogP contribution in [0.15, 0.2) is 0 Å². The molecule has 106 valence electrons. The fraction of sp³-hybridized carbons (Fsp3) is 0.917. The highest BCUT2D eigenvalue weighted by atomic mass is 32.2. The first-order valence-corrected chi connectivity index (χ1v) is 8.26. The number of hydrogen-bond acceptors (Lipinski definition) is 3. The Labute approximate surface area is 110 Å². The Bertz CT molecular complexity index is 371. The van der Waals surface area contributed by atoms with Gasteiger partial charge < -0.3 is 5.32 Å². The number of rotatable bonds is 5. The number of carbonyl (C=O) groups is 1. The van der Waals surface area contributed by atoms with Gasteiger partial charge in [0.05, 0.1) is 5.75 Å². The van der Waals surface area contributed by atoms with Gasteiger partial charge in [-0.2, -0.15) is 0 Å². The van der Waals surface area contributed by atoms with Crippen LogP contribution in [0.2, 0.25) is 0 Å². The van der Waals surface area contributed by atoms with Crippen LogP contribution in [0.1, 0.15) is 40.0 Å². The van der Waals surface area contributed by atoms with Crippen LogP contribution >= 0.6 is 0 Å². The molecular formula is C12H24N2O3S. The molecule has 0 unspecified atom stereocenters. The molecule has 0 aromatic carbocycles. The number of piperidine rings is 1. The molecule has 0 aliphatic carbocycles. The van der Waals surface area contributed by atoms with Crippen molar-refractivity contribution in [1.82, 2.24) is 9.62 Å². The summed E-state index contributed by atoms with van der Waals surface area (Å²) >= 11 is 0. The molecule has 18 heavy (non-hydrogen) atoms. The van der Waals surface area contributed by atoms with Gasteiger partial charge in [-0.1, -0.05) is 6.92 Å². The second-order valence-corrected chi connectivity index (χ2v) is 7.24. The normalized spacial score (nSPS) is 19.1. The van der Waals surface area contributed by atoms with Gasteiger partial charge in [-0.15, -0.1) is 0 Å². The van der Waals surface area contributed by atoms with Crippen LogP contribution in [0, 0.1) is 5.92 Å². The van der Waals surface area contributed by atoms with Gasteiger partial charge in [0, 0.05) is 25.0 Å². The monoisotopic (exact) mass is 276 g/mol. The third-order valence-electron chi connectivity index (χ3n) is 3.11. The lowest BCUT2D eigenvalue weighted by molar-refractivity contribution is -0.126. The van der Waals surface area contributed by atoms with E-state index in [9.17, 15) is 13.2 Å². The maximum Gasteiger partial charge on any atom is 0.223 e. The molecule has 6 heteroatoms. The van der Waals surface area contributed by atoms with Gasteiger partial charge in [0.2, 0.25) is 15.9 Å². The summed E-state index contributed by atoms with van der Waals surface area (Å²) in [5.74, 6) is 0.216. The number of carbonyl (C=O) groups excluding carboxylic acids is 1. The predicted octanol–water partition coefficient (Wildman–Crippen LogP) is 0.963. The predicted molar refractivity (Wildman–Crippen MR) is 71.7 cm³/mol. The average molecular weight is 276 g/mol. The summed E-state index contributed by atoms with van der Waals surface area (Å²) in [7, 11) is -3.10. The lowest BCUT2D eigenvalue weighted by Crippen LogP contribution is -2.44. The van der Waals surface area contributed by atoms with Crippen LogP contribution in [-0.2, 0) is 14.8 Å². The van der Waals surface area contributed by atoms with E-state index in [-0.39, 0.29) is 23.6 Å². The van der Waals surface area contributed by atoms with E-state index in [0.717, 1.165) is 0 Å². The third kappa shape index (κ3) is 4.24. The SMILES string of the molecule is CCCS(=O)(=O)N1CCC(C(=O)NC(C)C)CC1. The zero-order valence-corrected chi connectivity index (χ0v) is 12.3. The summed E-state index contributed by atoms with van der Waals surface area (Å²) < 4.78 is 25.3. The number of amides is 1. The summed E-state index contributed by atoms with van der Waals surface area (Å²) in [6.45, 7) is 6.66. The van der Waals surface area contributed by atoms with Crippen molar-refractivity contribution in [1.29, 1.82) is 0 Å². The Morgan fingerprint density at radius 3 is 2.33 bits per heavy atom. The van der Waals surface area contributed by atoms with Crippen molar-refractivity contribution in [2.75, 3.05) is 18.8 Å². The minimum atomic E-state index is -3.10. The van der Waals surface area contributed by atoms with Gasteiger partial charge in [0.25, 0.3) is 0 Å². The number of hydrogen-bond donors (Lipinski definition) is 1. The lowest BCUT2D eigenvalue weighted by atomic mass is 9.97. The van der Waals surface area contributed by atoms with Gasteiger partial charge in [-0.05, 0) is 33.1 Å². The van der Waals surface area contributed by atoms with E-state index in [0.29, 0.717) is 32.4 Å². The van der Waals surface area contributed by atoms with E-state index in [4.69, 9.17) is 0 Å². The molecule has 0 bridgehead atoms. The smallest absolute Gasteiger partial charge is 0.223 e. The van der Waals surface area contributed by atoms with Crippen molar-refractivity contribution in [2.24, 2.45) is 5.92 Å². The molecule has 0 spiro atoms. The molecule has 0 atom stereocenters. The second-order valence-electron chi connectivity index (χ2n) is 5.15. The first kappa shape index (κ1) is 15.4. The Kier molecular flexibility index (Phi) is 5.59. The summed E-state index contributed by atoms with van der Waals surface area (Å²) in [5, 5.41) is 2.88. The zero-order valence-electron chi connectivity index (χ0n) is 11.5. The fourth-order valence-corrected chi connectivity index (χ4v) is 3.73. The Hall–Kier alpha value is -0.620. The summed E-state index contributed by atoms with van der Waals surface area (Å²) in [6, 6.07) is 0.138. The zero-order chi connectivity index (χ0) is 13.8. The molecule has 1 amide bonds. The molecule has 1 saturated heterocycles. The second kappa shape index (κ2) is 6.52. The van der Waals surface area contributed by atoms with E-state index in [1.807, 2.05) is 20.8 Å². The molecule has 5 nitrogen and oxygen atoms in total. The van der Waals surface area contributed by atoms with Crippen molar-refractivity contribution >= 4 is 15.9 Å². The van der Waals surface area contributed by atoms with E-state index in [1.54, 1.807) is 0 Å². The van der Waals surface area contributed by atoms with Crippen molar-refractivity contribution in [2.45, 2.75) is 46.1 Å². The Balaban J connectivity index is 2.48. The van der Waals surface area contributed by atoms with Crippen molar-refractivity contribution in [3.05, 3.63) is 0 Å². The molecule has 1 rings (SSSR count). The van der Waals surface area contributed by atoms with E-state index < -0.39 is 10.0 Å². The molecule has 1 heterocycles. The first-order chi connectivity index (χ1) is 8.36. The molecule has 0 saturated carbocycles. The molecule has 1 aliphatic heterocycles. The first-order valence-electron chi connectivity index (χ1n) is 6.65. The highest BCUT2D eigenvalue weighted by Gasteiger charge is 2.30. The van der Waals surface area contributed by atoms with Crippen LogP contribution < -0.4 is 5.32 Å². The highest BCUT2D eigenvalue weighted by molar-refractivity contribution is 7.89. The fourth-order valence-electron chi connectivity index (χ4n) is 2.19. The maximum atomic E-state index is 11.9. The summed E-state index contributed by atoms with van der Waals surface area (Å²) in [4.78, 5) is 11.8. The summed E-state index contributed by atoms with van der Waals surface area (Å²) in [5.41, 5.74) is 0.